The zero-order chi connectivity index (χ0) is 17.5. The quantitative estimate of drug-likeness (QED) is 0.780. The third-order valence-electron chi connectivity index (χ3n) is 3.67. The van der Waals surface area contributed by atoms with Crippen LogP contribution in [0.4, 0.5) is 0 Å². The zero-order valence-corrected chi connectivity index (χ0v) is 14.3. The Labute approximate surface area is 142 Å². The van der Waals surface area contributed by atoms with E-state index in [1.807, 2.05) is 18.2 Å². The molecule has 0 fully saturated rings. The van der Waals surface area contributed by atoms with Crippen molar-refractivity contribution < 1.29 is 19.2 Å². The molecule has 0 aliphatic heterocycles. The highest BCUT2D eigenvalue weighted by Crippen LogP contribution is 2.09. The predicted molar refractivity (Wildman–Crippen MR) is 91.9 cm³/mol. The Balaban J connectivity index is 2.02. The highest BCUT2D eigenvalue weighted by Gasteiger charge is 2.10. The summed E-state index contributed by atoms with van der Waals surface area (Å²) >= 11 is 0. The number of hydrogen-bond acceptors (Lipinski definition) is 3. The summed E-state index contributed by atoms with van der Waals surface area (Å²) in [5.74, 6) is -0.583. The molecule has 0 spiro atoms. The fourth-order valence-electron chi connectivity index (χ4n) is 2.44. The number of methoxy groups -OCH3 is 1. The molecule has 0 unspecified atom stereocenters. The van der Waals surface area contributed by atoms with Crippen LogP contribution in [0.1, 0.15) is 31.8 Å². The Hall–Kier alpha value is -2.66. The van der Waals surface area contributed by atoms with Gasteiger partial charge < -0.3 is 15.0 Å². The molecule has 24 heavy (non-hydrogen) atoms. The van der Waals surface area contributed by atoms with Crippen LogP contribution in [0.15, 0.2) is 48.5 Å². The van der Waals surface area contributed by atoms with Gasteiger partial charge in [0.1, 0.15) is 6.54 Å². The SMILES string of the molecule is COC(=O)c1ccc(C(=O)NCc2ccccc2C[NH+](C)C)cc1. The smallest absolute Gasteiger partial charge is 0.337 e. The van der Waals surface area contributed by atoms with Crippen molar-refractivity contribution in [1.82, 2.24) is 5.32 Å². The van der Waals surface area contributed by atoms with Crippen molar-refractivity contribution in [2.45, 2.75) is 13.1 Å². The molecule has 0 aromatic heterocycles. The van der Waals surface area contributed by atoms with E-state index in [2.05, 4.69) is 30.2 Å². The van der Waals surface area contributed by atoms with E-state index in [0.717, 1.165) is 12.1 Å². The van der Waals surface area contributed by atoms with E-state index in [-0.39, 0.29) is 5.91 Å². The highest BCUT2D eigenvalue weighted by molar-refractivity contribution is 5.96. The molecular weight excluding hydrogens is 304 g/mol. The molecule has 0 bridgehead atoms. The predicted octanol–water partition coefficient (Wildman–Crippen LogP) is 1.05. The molecule has 2 aromatic rings. The first-order valence-corrected chi connectivity index (χ1v) is 7.83. The van der Waals surface area contributed by atoms with Crippen LogP contribution < -0.4 is 10.2 Å². The Morgan fingerprint density at radius 2 is 1.54 bits per heavy atom. The monoisotopic (exact) mass is 327 g/mol. The molecule has 0 radical (unpaired) electrons. The number of amides is 1. The molecule has 5 nitrogen and oxygen atoms in total. The van der Waals surface area contributed by atoms with Gasteiger partial charge in [-0.25, -0.2) is 4.79 Å². The number of carbonyl (C=O) groups is 2. The lowest BCUT2D eigenvalue weighted by Crippen LogP contribution is -3.04. The Morgan fingerprint density at radius 3 is 2.12 bits per heavy atom. The molecule has 2 rings (SSSR count). The van der Waals surface area contributed by atoms with E-state index in [9.17, 15) is 9.59 Å². The van der Waals surface area contributed by atoms with E-state index in [1.54, 1.807) is 24.3 Å². The zero-order valence-electron chi connectivity index (χ0n) is 14.3. The van der Waals surface area contributed by atoms with Gasteiger partial charge in [-0.2, -0.15) is 0 Å². The number of esters is 1. The number of ether oxygens (including phenoxy) is 1. The third kappa shape index (κ3) is 4.67. The first-order chi connectivity index (χ1) is 11.5. The third-order valence-corrected chi connectivity index (χ3v) is 3.67. The average Bonchev–Trinajstić information content (AvgIpc) is 2.59. The van der Waals surface area contributed by atoms with E-state index in [0.29, 0.717) is 17.7 Å². The second-order valence-corrected chi connectivity index (χ2v) is 5.90. The Kier molecular flexibility index (Phi) is 6.09. The first-order valence-electron chi connectivity index (χ1n) is 7.83. The van der Waals surface area contributed by atoms with Crippen molar-refractivity contribution in [3.63, 3.8) is 0 Å². The molecule has 0 aliphatic rings. The Morgan fingerprint density at radius 1 is 0.958 bits per heavy atom. The largest absolute Gasteiger partial charge is 0.465 e. The van der Waals surface area contributed by atoms with Crippen molar-refractivity contribution in [3.05, 3.63) is 70.8 Å². The summed E-state index contributed by atoms with van der Waals surface area (Å²) in [5.41, 5.74) is 3.27. The lowest BCUT2D eigenvalue weighted by Gasteiger charge is -2.13. The molecule has 0 aliphatic carbocycles. The minimum absolute atomic E-state index is 0.168. The van der Waals surface area contributed by atoms with Gasteiger partial charge in [0.2, 0.25) is 0 Å². The van der Waals surface area contributed by atoms with Gasteiger partial charge in [0.25, 0.3) is 5.91 Å². The molecule has 126 valence electrons. The maximum Gasteiger partial charge on any atom is 0.337 e. The molecule has 2 aromatic carbocycles. The first kappa shape index (κ1) is 17.7. The van der Waals surface area contributed by atoms with Crippen molar-refractivity contribution in [3.8, 4) is 0 Å². The molecule has 5 heteroatoms. The van der Waals surface area contributed by atoms with Gasteiger partial charge in [-0.05, 0) is 29.8 Å². The minimum Gasteiger partial charge on any atom is -0.465 e. The number of carbonyl (C=O) groups excluding carboxylic acids is 2. The van der Waals surface area contributed by atoms with Gasteiger partial charge in [0.05, 0.1) is 26.8 Å². The van der Waals surface area contributed by atoms with E-state index < -0.39 is 5.97 Å². The summed E-state index contributed by atoms with van der Waals surface area (Å²) in [6.07, 6.45) is 0. The van der Waals surface area contributed by atoms with Crippen LogP contribution in [0.5, 0.6) is 0 Å². The van der Waals surface area contributed by atoms with Crippen LogP contribution in [-0.4, -0.2) is 33.1 Å². The maximum atomic E-state index is 12.3. The lowest BCUT2D eigenvalue weighted by molar-refractivity contribution is -0.872. The fraction of sp³-hybridized carbons (Fsp3) is 0.263. The molecule has 2 N–H and O–H groups in total. The molecular formula is C19H23N2O3+. The fourth-order valence-corrected chi connectivity index (χ4v) is 2.44. The lowest BCUT2D eigenvalue weighted by atomic mass is 10.1. The van der Waals surface area contributed by atoms with Crippen LogP contribution in [0.25, 0.3) is 0 Å². The average molecular weight is 327 g/mol. The highest BCUT2D eigenvalue weighted by atomic mass is 16.5. The van der Waals surface area contributed by atoms with Gasteiger partial charge in [0.15, 0.2) is 0 Å². The number of benzene rings is 2. The van der Waals surface area contributed by atoms with Gasteiger partial charge in [0, 0.05) is 17.7 Å². The summed E-state index contributed by atoms with van der Waals surface area (Å²) in [6.45, 7) is 1.38. The van der Waals surface area contributed by atoms with E-state index in [1.165, 1.54) is 17.6 Å². The molecule has 0 heterocycles. The molecule has 1 amide bonds. The molecule has 0 atom stereocenters. The summed E-state index contributed by atoms with van der Waals surface area (Å²) in [6, 6.07) is 14.5. The van der Waals surface area contributed by atoms with Crippen LogP contribution in [-0.2, 0) is 17.8 Å². The number of quaternary nitrogens is 1. The second kappa shape index (κ2) is 8.26. The standard InChI is InChI=1S/C19H22N2O3/c1-21(2)13-17-7-5-4-6-16(17)12-20-18(22)14-8-10-15(11-9-14)19(23)24-3/h4-11H,12-13H2,1-3H3,(H,20,22)/p+1. The van der Waals surface area contributed by atoms with Crippen molar-refractivity contribution in [2.75, 3.05) is 21.2 Å². The number of rotatable bonds is 6. The van der Waals surface area contributed by atoms with Crippen LogP contribution in [0, 0.1) is 0 Å². The molecule has 0 saturated carbocycles. The number of hydrogen-bond donors (Lipinski definition) is 2. The maximum absolute atomic E-state index is 12.3. The summed E-state index contributed by atoms with van der Waals surface area (Å²) in [5, 5.41) is 2.93. The minimum atomic E-state index is -0.415. The summed E-state index contributed by atoms with van der Waals surface area (Å²) in [7, 11) is 5.52. The van der Waals surface area contributed by atoms with Gasteiger partial charge >= 0.3 is 5.97 Å². The van der Waals surface area contributed by atoms with Crippen molar-refractivity contribution >= 4 is 11.9 Å². The van der Waals surface area contributed by atoms with E-state index >= 15 is 0 Å². The van der Waals surface area contributed by atoms with Crippen LogP contribution in [0.2, 0.25) is 0 Å². The topological polar surface area (TPSA) is 59.8 Å². The van der Waals surface area contributed by atoms with E-state index in [4.69, 9.17) is 0 Å². The van der Waals surface area contributed by atoms with Crippen LogP contribution in [0.3, 0.4) is 0 Å². The summed E-state index contributed by atoms with van der Waals surface area (Å²) in [4.78, 5) is 25.0. The summed E-state index contributed by atoms with van der Waals surface area (Å²) < 4.78 is 4.65. The normalized spacial score (nSPS) is 10.5. The Bertz CT molecular complexity index is 709. The van der Waals surface area contributed by atoms with Gasteiger partial charge in [-0.3, -0.25) is 4.79 Å². The second-order valence-electron chi connectivity index (χ2n) is 5.90. The number of nitrogens with one attached hydrogen (secondary N) is 2. The molecule has 0 saturated heterocycles. The van der Waals surface area contributed by atoms with Crippen molar-refractivity contribution in [2.24, 2.45) is 0 Å². The van der Waals surface area contributed by atoms with Gasteiger partial charge in [-0.15, -0.1) is 0 Å². The van der Waals surface area contributed by atoms with Crippen molar-refractivity contribution in [1.29, 1.82) is 0 Å². The van der Waals surface area contributed by atoms with Gasteiger partial charge in [-0.1, -0.05) is 24.3 Å². The van der Waals surface area contributed by atoms with Crippen LogP contribution >= 0.6 is 0 Å².